The molecule has 1 aliphatic rings. The second-order valence-electron chi connectivity index (χ2n) is 5.92. The Labute approximate surface area is 132 Å². The number of aryl methyl sites for hydroxylation is 1. The summed E-state index contributed by atoms with van der Waals surface area (Å²) >= 11 is 0. The van der Waals surface area contributed by atoms with E-state index in [1.807, 2.05) is 25.1 Å². The number of hydrogen-bond acceptors (Lipinski definition) is 7. The quantitative estimate of drug-likeness (QED) is 0.641. The predicted molar refractivity (Wildman–Crippen MR) is 88.9 cm³/mol. The lowest BCUT2D eigenvalue weighted by molar-refractivity contribution is 0.751. The Kier molecular flexibility index (Phi) is 3.12. The molecule has 0 aliphatic carbocycles. The van der Waals surface area contributed by atoms with Crippen LogP contribution in [-0.4, -0.2) is 44.5 Å². The van der Waals surface area contributed by atoms with Crippen molar-refractivity contribution in [3.8, 4) is 11.4 Å². The minimum Gasteiger partial charge on any atom is -0.379 e. The van der Waals surface area contributed by atoms with Crippen LogP contribution in [0.1, 0.15) is 12.1 Å². The Morgan fingerprint density at radius 1 is 1.30 bits per heavy atom. The van der Waals surface area contributed by atoms with E-state index in [2.05, 4.69) is 30.3 Å². The number of aromatic nitrogens is 5. The molecule has 1 unspecified atom stereocenters. The van der Waals surface area contributed by atoms with Gasteiger partial charge in [-0.1, -0.05) is 0 Å². The third-order valence-corrected chi connectivity index (χ3v) is 4.22. The normalized spacial score (nSPS) is 18.0. The summed E-state index contributed by atoms with van der Waals surface area (Å²) in [5.74, 6) is 1.55. The lowest BCUT2D eigenvalue weighted by Gasteiger charge is -2.18. The van der Waals surface area contributed by atoms with Gasteiger partial charge in [0, 0.05) is 35.8 Å². The van der Waals surface area contributed by atoms with Crippen molar-refractivity contribution in [2.45, 2.75) is 19.4 Å². The molecular weight excluding hydrogens is 292 g/mol. The van der Waals surface area contributed by atoms with Crippen molar-refractivity contribution in [2.24, 2.45) is 5.73 Å². The summed E-state index contributed by atoms with van der Waals surface area (Å²) in [6, 6.07) is 6.05. The molecule has 5 N–H and O–H groups in total. The minimum absolute atomic E-state index is 0.151. The fourth-order valence-electron chi connectivity index (χ4n) is 2.94. The fourth-order valence-corrected chi connectivity index (χ4v) is 2.94. The number of nitrogens with zero attached hydrogens (tertiary/aromatic N) is 5. The SMILES string of the molecule is Cc1[nH]nc2ccc(-c3nnc(N)c(N4CCC(N)C4)n3)cc12. The van der Waals surface area contributed by atoms with Gasteiger partial charge in [-0.2, -0.15) is 5.10 Å². The molecule has 8 heteroatoms. The maximum Gasteiger partial charge on any atom is 0.189 e. The first-order valence-corrected chi connectivity index (χ1v) is 7.57. The maximum atomic E-state index is 5.97. The zero-order chi connectivity index (χ0) is 16.0. The molecule has 0 saturated carbocycles. The third kappa shape index (κ3) is 2.36. The number of nitrogen functional groups attached to an aromatic ring is 1. The first-order valence-electron chi connectivity index (χ1n) is 7.57. The zero-order valence-electron chi connectivity index (χ0n) is 12.8. The molecule has 0 spiro atoms. The largest absolute Gasteiger partial charge is 0.379 e. The number of nitrogens with two attached hydrogens (primary N) is 2. The van der Waals surface area contributed by atoms with Crippen LogP contribution in [0.3, 0.4) is 0 Å². The van der Waals surface area contributed by atoms with Crippen LogP contribution < -0.4 is 16.4 Å². The molecule has 1 aliphatic heterocycles. The van der Waals surface area contributed by atoms with E-state index in [9.17, 15) is 0 Å². The second kappa shape index (κ2) is 5.17. The summed E-state index contributed by atoms with van der Waals surface area (Å²) in [5.41, 5.74) is 14.7. The average Bonchev–Trinajstić information content (AvgIpc) is 3.14. The maximum absolute atomic E-state index is 5.97. The number of fused-ring (bicyclic) bond motifs is 1. The molecule has 1 aromatic carbocycles. The van der Waals surface area contributed by atoms with E-state index in [4.69, 9.17) is 11.5 Å². The van der Waals surface area contributed by atoms with Crippen LogP contribution in [0, 0.1) is 6.92 Å². The Balaban J connectivity index is 1.77. The van der Waals surface area contributed by atoms with Gasteiger partial charge < -0.3 is 16.4 Å². The van der Waals surface area contributed by atoms with Crippen molar-refractivity contribution in [2.75, 3.05) is 23.7 Å². The summed E-state index contributed by atoms with van der Waals surface area (Å²) in [6.07, 6.45) is 0.930. The number of anilines is 2. The number of H-pyrrole nitrogens is 1. The molecule has 0 radical (unpaired) electrons. The van der Waals surface area contributed by atoms with Gasteiger partial charge in [0.2, 0.25) is 0 Å². The molecule has 3 aromatic rings. The zero-order valence-corrected chi connectivity index (χ0v) is 12.8. The van der Waals surface area contributed by atoms with E-state index in [0.29, 0.717) is 17.5 Å². The lowest BCUT2D eigenvalue weighted by Crippen LogP contribution is -2.28. The monoisotopic (exact) mass is 310 g/mol. The molecule has 0 bridgehead atoms. The van der Waals surface area contributed by atoms with E-state index in [1.54, 1.807) is 0 Å². The Bertz CT molecular complexity index is 871. The first kappa shape index (κ1) is 13.9. The van der Waals surface area contributed by atoms with Crippen molar-refractivity contribution < 1.29 is 0 Å². The van der Waals surface area contributed by atoms with Gasteiger partial charge in [0.1, 0.15) is 0 Å². The van der Waals surface area contributed by atoms with Crippen LogP contribution >= 0.6 is 0 Å². The van der Waals surface area contributed by atoms with Crippen LogP contribution in [0.25, 0.3) is 22.3 Å². The predicted octanol–water partition coefficient (Wildman–Crippen LogP) is 0.843. The topological polar surface area (TPSA) is 123 Å². The molecule has 0 amide bonds. The van der Waals surface area contributed by atoms with Gasteiger partial charge in [-0.15, -0.1) is 10.2 Å². The third-order valence-electron chi connectivity index (χ3n) is 4.22. The van der Waals surface area contributed by atoms with Crippen LogP contribution in [0.15, 0.2) is 18.2 Å². The standard InChI is InChI=1S/C15H18N8/c1-8-11-6-9(2-3-12(11)20-19-8)14-18-15(13(17)21-22-14)23-5-4-10(16)7-23/h2-3,6,10H,4-5,7,16H2,1H3,(H2,17,21)(H,19,20). The van der Waals surface area contributed by atoms with E-state index in [1.165, 1.54) is 0 Å². The number of nitrogens with one attached hydrogen (secondary N) is 1. The molecule has 1 fully saturated rings. The fraction of sp³-hybridized carbons (Fsp3) is 0.333. The van der Waals surface area contributed by atoms with E-state index < -0.39 is 0 Å². The van der Waals surface area contributed by atoms with E-state index in [0.717, 1.165) is 41.7 Å². The highest BCUT2D eigenvalue weighted by Crippen LogP contribution is 2.27. The lowest BCUT2D eigenvalue weighted by atomic mass is 10.1. The first-order chi connectivity index (χ1) is 11.1. The van der Waals surface area contributed by atoms with Crippen molar-refractivity contribution in [3.05, 3.63) is 23.9 Å². The van der Waals surface area contributed by atoms with Gasteiger partial charge in [0.25, 0.3) is 0 Å². The highest BCUT2D eigenvalue weighted by atomic mass is 15.3. The molecule has 8 nitrogen and oxygen atoms in total. The van der Waals surface area contributed by atoms with E-state index >= 15 is 0 Å². The highest BCUT2D eigenvalue weighted by molar-refractivity contribution is 5.85. The number of rotatable bonds is 2. The molecule has 1 atom stereocenters. The van der Waals surface area contributed by atoms with Crippen LogP contribution in [0.2, 0.25) is 0 Å². The van der Waals surface area contributed by atoms with Crippen molar-refractivity contribution in [3.63, 3.8) is 0 Å². The van der Waals surface area contributed by atoms with Crippen LogP contribution in [0.4, 0.5) is 11.6 Å². The van der Waals surface area contributed by atoms with Gasteiger partial charge in [0.05, 0.1) is 5.52 Å². The highest BCUT2D eigenvalue weighted by Gasteiger charge is 2.23. The Morgan fingerprint density at radius 3 is 2.96 bits per heavy atom. The van der Waals surface area contributed by atoms with Crippen LogP contribution in [-0.2, 0) is 0 Å². The molecule has 3 heterocycles. The number of hydrogen-bond donors (Lipinski definition) is 3. The summed E-state index contributed by atoms with van der Waals surface area (Å²) in [7, 11) is 0. The van der Waals surface area contributed by atoms with Gasteiger partial charge in [-0.3, -0.25) is 5.10 Å². The molecular formula is C15H18N8. The number of benzene rings is 1. The minimum atomic E-state index is 0.151. The molecule has 1 saturated heterocycles. The Hall–Kier alpha value is -2.74. The van der Waals surface area contributed by atoms with Crippen LogP contribution in [0.5, 0.6) is 0 Å². The molecule has 4 rings (SSSR count). The summed E-state index contributed by atoms with van der Waals surface area (Å²) in [6.45, 7) is 3.56. The summed E-state index contributed by atoms with van der Waals surface area (Å²) in [4.78, 5) is 6.69. The number of aromatic amines is 1. The van der Waals surface area contributed by atoms with Crippen molar-refractivity contribution in [1.29, 1.82) is 0 Å². The summed E-state index contributed by atoms with van der Waals surface area (Å²) in [5, 5.41) is 16.5. The second-order valence-corrected chi connectivity index (χ2v) is 5.92. The van der Waals surface area contributed by atoms with E-state index in [-0.39, 0.29) is 6.04 Å². The average molecular weight is 310 g/mol. The smallest absolute Gasteiger partial charge is 0.189 e. The summed E-state index contributed by atoms with van der Waals surface area (Å²) < 4.78 is 0. The Morgan fingerprint density at radius 2 is 2.17 bits per heavy atom. The van der Waals surface area contributed by atoms with Gasteiger partial charge in [0.15, 0.2) is 17.5 Å². The molecule has 23 heavy (non-hydrogen) atoms. The van der Waals surface area contributed by atoms with Gasteiger partial charge in [-0.25, -0.2) is 4.98 Å². The molecule has 2 aromatic heterocycles. The van der Waals surface area contributed by atoms with Crippen molar-refractivity contribution >= 4 is 22.5 Å². The van der Waals surface area contributed by atoms with Gasteiger partial charge in [-0.05, 0) is 31.5 Å². The van der Waals surface area contributed by atoms with Crippen molar-refractivity contribution in [1.82, 2.24) is 25.4 Å². The van der Waals surface area contributed by atoms with Gasteiger partial charge >= 0.3 is 0 Å². The molecule has 118 valence electrons.